The van der Waals surface area contributed by atoms with Crippen LogP contribution in [0.25, 0.3) is 0 Å². The predicted molar refractivity (Wildman–Crippen MR) is 32.9 cm³/mol. The van der Waals surface area contributed by atoms with E-state index in [1.165, 1.54) is 14.0 Å². The summed E-state index contributed by atoms with van der Waals surface area (Å²) >= 11 is 0. The van der Waals surface area contributed by atoms with Gasteiger partial charge in [0.15, 0.2) is 0 Å². The molecule has 0 aromatic carbocycles. The molecule has 0 amide bonds. The highest BCUT2D eigenvalue weighted by Gasteiger charge is 2.34. The molecule has 0 atom stereocenters. The van der Waals surface area contributed by atoms with Crippen molar-refractivity contribution in [1.82, 2.24) is 9.78 Å². The number of aromatic nitrogens is 2. The Balaban J connectivity index is 3.13. The molecule has 0 aliphatic carbocycles. The van der Waals surface area contributed by atoms with Gasteiger partial charge in [0.05, 0.1) is 11.3 Å². The van der Waals surface area contributed by atoms with Gasteiger partial charge in [0.2, 0.25) is 0 Å². The Morgan fingerprint density at radius 2 is 2.00 bits per heavy atom. The largest absolute Gasteiger partial charge is 0.419 e. The molecule has 0 aliphatic heterocycles. The first-order chi connectivity index (χ1) is 4.91. The van der Waals surface area contributed by atoms with Gasteiger partial charge in [-0.05, 0) is 6.92 Å². The molecule has 0 radical (unpaired) electrons. The number of rotatable bonds is 0. The summed E-state index contributed by atoms with van der Waals surface area (Å²) in [5.74, 6) is 0. The van der Waals surface area contributed by atoms with Crippen molar-refractivity contribution in [2.45, 2.75) is 13.1 Å². The Labute approximate surface area is 61.6 Å². The lowest BCUT2D eigenvalue weighted by atomic mass is 10.3. The zero-order valence-corrected chi connectivity index (χ0v) is 6.11. The number of halogens is 3. The topological polar surface area (TPSA) is 17.8 Å². The summed E-state index contributed by atoms with van der Waals surface area (Å²) in [6.07, 6.45) is -3.31. The number of hydrogen-bond donors (Lipinski definition) is 0. The maximum absolute atomic E-state index is 12.0. The van der Waals surface area contributed by atoms with Crippen LogP contribution in [0.2, 0.25) is 0 Å². The third-order valence-corrected chi connectivity index (χ3v) is 1.32. The van der Waals surface area contributed by atoms with Gasteiger partial charge in [0.1, 0.15) is 0 Å². The van der Waals surface area contributed by atoms with Gasteiger partial charge in [-0.3, -0.25) is 4.68 Å². The molecule has 0 aliphatic rings. The molecule has 2 nitrogen and oxygen atoms in total. The summed E-state index contributed by atoms with van der Waals surface area (Å²) in [5, 5.41) is 3.57. The van der Waals surface area contributed by atoms with Crippen molar-refractivity contribution < 1.29 is 13.2 Å². The molecular formula is C6H7F3N2. The SMILES string of the molecule is Cc1nn(C)cc1C(F)(F)F. The summed E-state index contributed by atoms with van der Waals surface area (Å²) in [6, 6.07) is 0. The maximum Gasteiger partial charge on any atom is 0.419 e. The minimum Gasteiger partial charge on any atom is -0.275 e. The van der Waals surface area contributed by atoms with Crippen LogP contribution in [0.3, 0.4) is 0 Å². The first kappa shape index (κ1) is 8.10. The normalized spacial score (nSPS) is 12.1. The molecular weight excluding hydrogens is 157 g/mol. The van der Waals surface area contributed by atoms with Crippen LogP contribution in [0.15, 0.2) is 6.20 Å². The maximum atomic E-state index is 12.0. The molecule has 5 heteroatoms. The van der Waals surface area contributed by atoms with E-state index in [-0.39, 0.29) is 5.69 Å². The molecule has 0 saturated heterocycles. The second kappa shape index (κ2) is 2.25. The molecule has 1 aromatic heterocycles. The van der Waals surface area contributed by atoms with Crippen molar-refractivity contribution in [3.05, 3.63) is 17.5 Å². The van der Waals surface area contributed by atoms with Gasteiger partial charge in [-0.15, -0.1) is 0 Å². The van der Waals surface area contributed by atoms with Crippen LogP contribution in [-0.2, 0) is 13.2 Å². The second-order valence-electron chi connectivity index (χ2n) is 2.30. The highest BCUT2D eigenvalue weighted by molar-refractivity contribution is 5.18. The Hall–Kier alpha value is -1.00. The molecule has 62 valence electrons. The van der Waals surface area contributed by atoms with Gasteiger partial charge in [0.25, 0.3) is 0 Å². The molecule has 1 heterocycles. The summed E-state index contributed by atoms with van der Waals surface area (Å²) < 4.78 is 37.2. The molecule has 0 unspecified atom stereocenters. The van der Waals surface area contributed by atoms with Gasteiger partial charge in [-0.2, -0.15) is 18.3 Å². The second-order valence-corrected chi connectivity index (χ2v) is 2.30. The lowest BCUT2D eigenvalue weighted by Gasteiger charge is -2.01. The third-order valence-electron chi connectivity index (χ3n) is 1.32. The van der Waals surface area contributed by atoms with Crippen molar-refractivity contribution in [1.29, 1.82) is 0 Å². The van der Waals surface area contributed by atoms with E-state index < -0.39 is 11.7 Å². The fraction of sp³-hybridized carbons (Fsp3) is 0.500. The molecule has 0 N–H and O–H groups in total. The van der Waals surface area contributed by atoms with Crippen LogP contribution >= 0.6 is 0 Å². The highest BCUT2D eigenvalue weighted by atomic mass is 19.4. The van der Waals surface area contributed by atoms with Gasteiger partial charge in [-0.25, -0.2) is 0 Å². The average molecular weight is 164 g/mol. The minimum atomic E-state index is -4.28. The van der Waals surface area contributed by atoms with E-state index in [0.717, 1.165) is 10.9 Å². The van der Waals surface area contributed by atoms with Crippen LogP contribution in [0.5, 0.6) is 0 Å². The molecule has 0 bridgehead atoms. The van der Waals surface area contributed by atoms with Crippen molar-refractivity contribution in [2.24, 2.45) is 7.05 Å². The first-order valence-electron chi connectivity index (χ1n) is 2.98. The van der Waals surface area contributed by atoms with E-state index >= 15 is 0 Å². The van der Waals surface area contributed by atoms with Crippen molar-refractivity contribution in [3.8, 4) is 0 Å². The van der Waals surface area contributed by atoms with Crippen molar-refractivity contribution in [2.75, 3.05) is 0 Å². The minimum absolute atomic E-state index is 0.0139. The van der Waals surface area contributed by atoms with E-state index in [2.05, 4.69) is 5.10 Å². The van der Waals surface area contributed by atoms with E-state index in [1.807, 2.05) is 0 Å². The van der Waals surface area contributed by atoms with Crippen molar-refractivity contribution >= 4 is 0 Å². The van der Waals surface area contributed by atoms with Gasteiger partial charge in [0, 0.05) is 13.2 Å². The molecule has 0 fully saturated rings. The zero-order valence-electron chi connectivity index (χ0n) is 6.11. The lowest BCUT2D eigenvalue weighted by molar-refractivity contribution is -0.138. The average Bonchev–Trinajstić information content (AvgIpc) is 2.08. The van der Waals surface area contributed by atoms with E-state index in [1.54, 1.807) is 0 Å². The summed E-state index contributed by atoms with van der Waals surface area (Å²) in [4.78, 5) is 0. The molecule has 1 rings (SSSR count). The highest BCUT2D eigenvalue weighted by Crippen LogP contribution is 2.30. The fourth-order valence-corrected chi connectivity index (χ4v) is 0.878. The Morgan fingerprint density at radius 3 is 2.18 bits per heavy atom. The predicted octanol–water partition coefficient (Wildman–Crippen LogP) is 1.75. The first-order valence-corrected chi connectivity index (χ1v) is 2.98. The Morgan fingerprint density at radius 1 is 1.45 bits per heavy atom. The number of alkyl halides is 3. The Bertz CT molecular complexity index is 261. The Kier molecular flexibility index (Phi) is 1.66. The molecule has 0 spiro atoms. The smallest absolute Gasteiger partial charge is 0.275 e. The molecule has 1 aromatic rings. The van der Waals surface area contributed by atoms with Crippen molar-refractivity contribution in [3.63, 3.8) is 0 Å². The summed E-state index contributed by atoms with van der Waals surface area (Å²) in [5.41, 5.74) is -0.653. The van der Waals surface area contributed by atoms with Crippen LogP contribution < -0.4 is 0 Å². The van der Waals surface area contributed by atoms with Gasteiger partial charge < -0.3 is 0 Å². The fourth-order valence-electron chi connectivity index (χ4n) is 0.878. The standard InChI is InChI=1S/C6H7F3N2/c1-4-5(6(7,8)9)3-11(2)10-4/h3H,1-2H3. The van der Waals surface area contributed by atoms with Crippen LogP contribution in [0.1, 0.15) is 11.3 Å². The zero-order chi connectivity index (χ0) is 8.65. The van der Waals surface area contributed by atoms with E-state index in [4.69, 9.17) is 0 Å². The van der Waals surface area contributed by atoms with E-state index in [0.29, 0.717) is 0 Å². The van der Waals surface area contributed by atoms with Crippen LogP contribution in [-0.4, -0.2) is 9.78 Å². The molecule has 11 heavy (non-hydrogen) atoms. The monoisotopic (exact) mass is 164 g/mol. The van der Waals surface area contributed by atoms with E-state index in [9.17, 15) is 13.2 Å². The summed E-state index contributed by atoms with van der Waals surface area (Å²) in [7, 11) is 1.46. The van der Waals surface area contributed by atoms with Gasteiger partial charge in [-0.1, -0.05) is 0 Å². The number of hydrogen-bond acceptors (Lipinski definition) is 1. The molecule has 0 saturated carbocycles. The number of aryl methyl sites for hydroxylation is 2. The van der Waals surface area contributed by atoms with Gasteiger partial charge >= 0.3 is 6.18 Å². The van der Waals surface area contributed by atoms with Crippen LogP contribution in [0, 0.1) is 6.92 Å². The quantitative estimate of drug-likeness (QED) is 0.571. The lowest BCUT2D eigenvalue weighted by Crippen LogP contribution is -2.04. The number of nitrogens with zero attached hydrogens (tertiary/aromatic N) is 2. The summed E-state index contributed by atoms with van der Waals surface area (Å²) in [6.45, 7) is 1.34. The third kappa shape index (κ3) is 1.53. The van der Waals surface area contributed by atoms with Crippen LogP contribution in [0.4, 0.5) is 13.2 Å².